The molecule has 0 radical (unpaired) electrons. The number of nitrogens with one attached hydrogen (secondary N) is 1. The number of ether oxygens (including phenoxy) is 2. The maximum absolute atomic E-state index is 12.3. The summed E-state index contributed by atoms with van der Waals surface area (Å²) >= 11 is 7.38. The Hall–Kier alpha value is -1.72. The van der Waals surface area contributed by atoms with Gasteiger partial charge < -0.3 is 14.8 Å². The third-order valence-corrected chi connectivity index (χ3v) is 4.51. The molecule has 1 aromatic heterocycles. The molecule has 1 aromatic carbocycles. The second-order valence-corrected chi connectivity index (χ2v) is 6.38. The molecular formula is C16H18ClNO3S. The van der Waals surface area contributed by atoms with E-state index in [1.165, 1.54) is 11.3 Å². The smallest absolute Gasteiger partial charge is 0.251 e. The predicted octanol–water partition coefficient (Wildman–Crippen LogP) is 4.30. The highest BCUT2D eigenvalue weighted by Crippen LogP contribution is 2.29. The van der Waals surface area contributed by atoms with Gasteiger partial charge in [0.25, 0.3) is 5.91 Å². The summed E-state index contributed by atoms with van der Waals surface area (Å²) in [6.45, 7) is 4.36. The Balaban J connectivity index is 2.12. The number of halogens is 1. The van der Waals surface area contributed by atoms with Crippen molar-refractivity contribution in [3.05, 3.63) is 45.1 Å². The first-order valence-electron chi connectivity index (χ1n) is 6.92. The molecule has 0 bridgehead atoms. The number of carbonyl (C=O) groups excluding carboxylic acids is 1. The van der Waals surface area contributed by atoms with Crippen LogP contribution in [-0.2, 0) is 0 Å². The number of thiophene rings is 1. The van der Waals surface area contributed by atoms with Crippen LogP contribution in [0.25, 0.3) is 0 Å². The standard InChI is InChI=1S/C16H18ClNO3S/c1-4-21-12-6-5-11(9-13(12)20-3)16(19)18-10(2)14-7-8-15(17)22-14/h5-10H,4H2,1-3H3,(H,18,19). The van der Waals surface area contributed by atoms with Gasteiger partial charge >= 0.3 is 0 Å². The molecule has 0 aliphatic carbocycles. The number of benzene rings is 1. The highest BCUT2D eigenvalue weighted by atomic mass is 35.5. The van der Waals surface area contributed by atoms with Crippen LogP contribution in [0, 0.1) is 0 Å². The van der Waals surface area contributed by atoms with Crippen LogP contribution in [0.2, 0.25) is 4.34 Å². The summed E-state index contributed by atoms with van der Waals surface area (Å²) in [7, 11) is 1.55. The van der Waals surface area contributed by atoms with Crippen LogP contribution in [0.3, 0.4) is 0 Å². The summed E-state index contributed by atoms with van der Waals surface area (Å²) in [5.74, 6) is 0.999. The van der Waals surface area contributed by atoms with Gasteiger partial charge in [0.05, 0.1) is 24.1 Å². The van der Waals surface area contributed by atoms with E-state index in [1.807, 2.05) is 26.0 Å². The van der Waals surface area contributed by atoms with Crippen molar-refractivity contribution in [2.45, 2.75) is 19.9 Å². The van der Waals surface area contributed by atoms with Gasteiger partial charge in [-0.05, 0) is 44.2 Å². The summed E-state index contributed by atoms with van der Waals surface area (Å²) in [6, 6.07) is 8.76. The van der Waals surface area contributed by atoms with Crippen molar-refractivity contribution < 1.29 is 14.3 Å². The lowest BCUT2D eigenvalue weighted by Crippen LogP contribution is -2.26. The number of hydrogen-bond acceptors (Lipinski definition) is 4. The number of rotatable bonds is 6. The number of hydrogen-bond donors (Lipinski definition) is 1. The Kier molecular flexibility index (Phi) is 5.69. The number of methoxy groups -OCH3 is 1. The maximum Gasteiger partial charge on any atom is 0.251 e. The molecule has 1 amide bonds. The van der Waals surface area contributed by atoms with Gasteiger partial charge in [0.1, 0.15) is 0 Å². The summed E-state index contributed by atoms with van der Waals surface area (Å²) in [6.07, 6.45) is 0. The van der Waals surface area contributed by atoms with E-state index in [1.54, 1.807) is 25.3 Å². The van der Waals surface area contributed by atoms with Crippen LogP contribution in [0.15, 0.2) is 30.3 Å². The summed E-state index contributed by atoms with van der Waals surface area (Å²) < 4.78 is 11.4. The first-order chi connectivity index (χ1) is 10.5. The van der Waals surface area contributed by atoms with Crippen molar-refractivity contribution >= 4 is 28.8 Å². The van der Waals surface area contributed by atoms with E-state index in [9.17, 15) is 4.79 Å². The van der Waals surface area contributed by atoms with Gasteiger partial charge in [-0.3, -0.25) is 4.79 Å². The van der Waals surface area contributed by atoms with Crippen LogP contribution in [-0.4, -0.2) is 19.6 Å². The molecule has 1 heterocycles. The minimum atomic E-state index is -0.168. The normalized spacial score (nSPS) is 11.8. The number of amides is 1. The van der Waals surface area contributed by atoms with Crippen molar-refractivity contribution in [2.24, 2.45) is 0 Å². The van der Waals surface area contributed by atoms with Crippen molar-refractivity contribution in [3.8, 4) is 11.5 Å². The Bertz CT molecular complexity index is 657. The van der Waals surface area contributed by atoms with Crippen LogP contribution >= 0.6 is 22.9 Å². The molecule has 2 aromatic rings. The lowest BCUT2D eigenvalue weighted by Gasteiger charge is -2.14. The first kappa shape index (κ1) is 16.6. The van der Waals surface area contributed by atoms with Crippen LogP contribution in [0.4, 0.5) is 0 Å². The molecule has 1 atom stereocenters. The Morgan fingerprint density at radius 1 is 1.32 bits per heavy atom. The minimum Gasteiger partial charge on any atom is -0.493 e. The molecule has 0 spiro atoms. The zero-order chi connectivity index (χ0) is 16.1. The Morgan fingerprint density at radius 2 is 2.09 bits per heavy atom. The van der Waals surface area contributed by atoms with Gasteiger partial charge in [0, 0.05) is 10.4 Å². The monoisotopic (exact) mass is 339 g/mol. The molecule has 2 rings (SSSR count). The van der Waals surface area contributed by atoms with Gasteiger partial charge in [-0.15, -0.1) is 11.3 Å². The molecule has 0 aliphatic heterocycles. The quantitative estimate of drug-likeness (QED) is 0.853. The molecule has 4 nitrogen and oxygen atoms in total. The van der Waals surface area contributed by atoms with Gasteiger partial charge in [-0.1, -0.05) is 11.6 Å². The van der Waals surface area contributed by atoms with Crippen molar-refractivity contribution in [1.82, 2.24) is 5.32 Å². The van der Waals surface area contributed by atoms with Crippen LogP contribution in [0.1, 0.15) is 35.1 Å². The molecule has 22 heavy (non-hydrogen) atoms. The number of carbonyl (C=O) groups is 1. The molecule has 1 unspecified atom stereocenters. The summed E-state index contributed by atoms with van der Waals surface area (Å²) in [4.78, 5) is 13.3. The van der Waals surface area contributed by atoms with E-state index < -0.39 is 0 Å². The molecule has 6 heteroatoms. The fourth-order valence-corrected chi connectivity index (χ4v) is 3.06. The van der Waals surface area contributed by atoms with E-state index >= 15 is 0 Å². The second kappa shape index (κ2) is 7.51. The maximum atomic E-state index is 12.3. The molecule has 0 saturated heterocycles. The molecule has 1 N–H and O–H groups in total. The van der Waals surface area contributed by atoms with Crippen molar-refractivity contribution in [3.63, 3.8) is 0 Å². The van der Waals surface area contributed by atoms with E-state index in [-0.39, 0.29) is 11.9 Å². The molecule has 0 saturated carbocycles. The third kappa shape index (κ3) is 3.93. The van der Waals surface area contributed by atoms with Gasteiger partial charge in [0.2, 0.25) is 0 Å². The predicted molar refractivity (Wildman–Crippen MR) is 89.4 cm³/mol. The van der Waals surface area contributed by atoms with Crippen molar-refractivity contribution in [2.75, 3.05) is 13.7 Å². The Labute approximate surface area is 139 Å². The van der Waals surface area contributed by atoms with E-state index in [0.717, 1.165) is 4.88 Å². The van der Waals surface area contributed by atoms with E-state index in [2.05, 4.69) is 5.32 Å². The minimum absolute atomic E-state index is 0.109. The molecule has 118 valence electrons. The van der Waals surface area contributed by atoms with Crippen molar-refractivity contribution in [1.29, 1.82) is 0 Å². The van der Waals surface area contributed by atoms with Crippen LogP contribution in [0.5, 0.6) is 11.5 Å². The van der Waals surface area contributed by atoms with Gasteiger partial charge in [-0.25, -0.2) is 0 Å². The first-order valence-corrected chi connectivity index (χ1v) is 8.11. The topological polar surface area (TPSA) is 47.6 Å². The second-order valence-electron chi connectivity index (χ2n) is 4.64. The average molecular weight is 340 g/mol. The molecule has 0 fully saturated rings. The Morgan fingerprint density at radius 3 is 2.68 bits per heavy atom. The fraction of sp³-hybridized carbons (Fsp3) is 0.312. The lowest BCUT2D eigenvalue weighted by atomic mass is 10.1. The summed E-state index contributed by atoms with van der Waals surface area (Å²) in [5, 5.41) is 2.95. The van der Waals surface area contributed by atoms with Gasteiger partial charge in [-0.2, -0.15) is 0 Å². The average Bonchev–Trinajstić information content (AvgIpc) is 2.94. The SMILES string of the molecule is CCOc1ccc(C(=O)NC(C)c2ccc(Cl)s2)cc1OC. The highest BCUT2D eigenvalue weighted by molar-refractivity contribution is 7.16. The zero-order valence-electron chi connectivity index (χ0n) is 12.7. The summed E-state index contributed by atoms with van der Waals surface area (Å²) in [5.41, 5.74) is 0.523. The van der Waals surface area contributed by atoms with E-state index in [0.29, 0.717) is 28.0 Å². The van der Waals surface area contributed by atoms with Gasteiger partial charge in [0.15, 0.2) is 11.5 Å². The van der Waals surface area contributed by atoms with E-state index in [4.69, 9.17) is 21.1 Å². The zero-order valence-corrected chi connectivity index (χ0v) is 14.3. The third-order valence-electron chi connectivity index (χ3n) is 3.09. The molecule has 0 aliphatic rings. The molecular weight excluding hydrogens is 322 g/mol. The lowest BCUT2D eigenvalue weighted by molar-refractivity contribution is 0.0940. The highest BCUT2D eigenvalue weighted by Gasteiger charge is 2.15. The largest absolute Gasteiger partial charge is 0.493 e. The fourth-order valence-electron chi connectivity index (χ4n) is 2.00. The van der Waals surface area contributed by atoms with Crippen LogP contribution < -0.4 is 14.8 Å².